The van der Waals surface area contributed by atoms with Crippen molar-refractivity contribution in [2.24, 2.45) is 0 Å². The number of anilines is 6. The summed E-state index contributed by atoms with van der Waals surface area (Å²) in [5.41, 5.74) is 34.8. The molecular formula is C120H145BN2. The first-order valence-corrected chi connectivity index (χ1v) is 45.5. The predicted molar refractivity (Wildman–Crippen MR) is 543 cm³/mol. The molecule has 12 aromatic rings. The molecule has 2 aliphatic heterocycles. The van der Waals surface area contributed by atoms with Gasteiger partial charge in [-0.3, -0.25) is 0 Å². The van der Waals surface area contributed by atoms with Crippen LogP contribution in [0.3, 0.4) is 0 Å². The van der Waals surface area contributed by atoms with Crippen molar-refractivity contribution in [3.63, 3.8) is 0 Å². The van der Waals surface area contributed by atoms with Gasteiger partial charge in [0.2, 0.25) is 0 Å². The van der Waals surface area contributed by atoms with Gasteiger partial charge in [0.1, 0.15) is 0 Å². The summed E-state index contributed by atoms with van der Waals surface area (Å²) >= 11 is 0. The Balaban J connectivity index is 1.32. The second-order valence-corrected chi connectivity index (χ2v) is 48.7. The lowest BCUT2D eigenvalue weighted by Crippen LogP contribution is -2.61. The largest absolute Gasteiger partial charge is 0.310 e. The monoisotopic (exact) mass is 1630 g/mol. The quantitative estimate of drug-likeness (QED) is 0.133. The molecule has 0 N–H and O–H groups in total. The van der Waals surface area contributed by atoms with Crippen LogP contribution in [0.4, 0.5) is 34.1 Å². The van der Waals surface area contributed by atoms with Gasteiger partial charge in [-0.15, -0.1) is 0 Å². The fraction of sp³-hybridized carbons (Fsp3) is 0.400. The second kappa shape index (κ2) is 30.6. The Morgan fingerprint density at radius 1 is 0.195 bits per heavy atom. The van der Waals surface area contributed by atoms with Gasteiger partial charge in [0, 0.05) is 45.0 Å². The minimum absolute atomic E-state index is 0.135. The van der Waals surface area contributed by atoms with Gasteiger partial charge >= 0.3 is 0 Å². The van der Waals surface area contributed by atoms with E-state index in [9.17, 15) is 5.48 Å². The molecule has 2 aliphatic rings. The normalized spacial score (nSPS) is 14.5. The van der Waals surface area contributed by atoms with Crippen molar-refractivity contribution >= 4 is 57.2 Å². The number of nitrogens with zero attached hydrogens (tertiary/aromatic N) is 2. The molecule has 12 aromatic carbocycles. The van der Waals surface area contributed by atoms with Gasteiger partial charge in [-0.1, -0.05) is 425 Å². The molecule has 0 aromatic heterocycles. The molecule has 123 heavy (non-hydrogen) atoms. The third-order valence-corrected chi connectivity index (χ3v) is 26.3. The lowest BCUT2D eigenvalue weighted by molar-refractivity contribution is 0.568. The van der Waals surface area contributed by atoms with Crippen LogP contribution >= 0.6 is 0 Å². The predicted octanol–water partition coefficient (Wildman–Crippen LogP) is 33.0. The fourth-order valence-electron chi connectivity index (χ4n) is 18.2. The van der Waals surface area contributed by atoms with Crippen LogP contribution < -0.4 is 26.2 Å². The van der Waals surface area contributed by atoms with E-state index in [1.165, 1.54) is 72.3 Å². The zero-order valence-corrected chi connectivity index (χ0v) is 81.9. The van der Waals surface area contributed by atoms with Crippen molar-refractivity contribution in [3.05, 3.63) is 291 Å². The Morgan fingerprint density at radius 3 is 0.846 bits per heavy atom. The molecule has 3 heteroatoms. The minimum Gasteiger partial charge on any atom is -0.310 e. The molecule has 0 saturated heterocycles. The van der Waals surface area contributed by atoms with Crippen LogP contribution in [0, 0.1) is 0 Å². The average molecular weight is 1630 g/mol. The van der Waals surface area contributed by atoms with Gasteiger partial charge in [-0.25, -0.2) is 0 Å². The van der Waals surface area contributed by atoms with Crippen LogP contribution in [-0.4, -0.2) is 6.71 Å². The molecule has 0 atom stereocenters. The van der Waals surface area contributed by atoms with Crippen molar-refractivity contribution in [3.8, 4) is 77.9 Å². The van der Waals surface area contributed by atoms with Gasteiger partial charge in [0.15, 0.2) is 0 Å². The minimum atomic E-state index is -0.490. The van der Waals surface area contributed by atoms with Crippen LogP contribution in [0.25, 0.3) is 77.9 Å². The standard InChI is InChI=1S/C120H145BN2/c1-109(2,3)82-48-42-75(43-49-82)93-69-90(117(25,26)27)71-96(92-54-52-85(112(10,11)12)73-99(92)120(34,35)36)107(93)122-102-62-77(74-40-38-37-39-41-74)46-56-100(102)121-101-57-47-78(79-58-86(113(13,14)15)66-87(59-79)114(16,17)18)63-103(101)123(105-65-81(64-104(122)106(105)121)80-60-88(115(19,20)21)67-89(61-80)116(22,23)24)108-94(76-44-50-83(51-45-76)110(4,5)6)70-91(118(28,29)30)72-97(108)95-68-84(111(7,8)9)53-55-98(95)119(31,32)33/h37-73H,1-36H3/i37D,38D,39D,40D,41D. The number of hydrogen-bond acceptors (Lipinski definition) is 2. The summed E-state index contributed by atoms with van der Waals surface area (Å²) in [5, 5.41) is 0. The zero-order valence-electron chi connectivity index (χ0n) is 86.9. The van der Waals surface area contributed by atoms with Crippen molar-refractivity contribution < 1.29 is 6.85 Å². The van der Waals surface area contributed by atoms with Crippen molar-refractivity contribution in [1.82, 2.24) is 0 Å². The topological polar surface area (TPSA) is 6.48 Å². The van der Waals surface area contributed by atoms with E-state index in [1.807, 2.05) is 0 Å². The van der Waals surface area contributed by atoms with Crippen LogP contribution in [-0.2, 0) is 65.0 Å². The molecule has 0 bridgehead atoms. The van der Waals surface area contributed by atoms with E-state index in [-0.39, 0.29) is 94.7 Å². The van der Waals surface area contributed by atoms with Gasteiger partial charge in [-0.05, 0) is 252 Å². The average Bonchev–Trinajstić information content (AvgIpc) is 0.682. The summed E-state index contributed by atoms with van der Waals surface area (Å²) in [6, 6.07) is 75.8. The molecule has 0 radical (unpaired) electrons. The van der Waals surface area contributed by atoms with Crippen molar-refractivity contribution in [1.29, 1.82) is 0 Å². The highest BCUT2D eigenvalue weighted by molar-refractivity contribution is 7.00. The van der Waals surface area contributed by atoms with Gasteiger partial charge in [0.25, 0.3) is 6.71 Å². The molecule has 2 heterocycles. The van der Waals surface area contributed by atoms with E-state index < -0.39 is 12.8 Å². The Labute approximate surface area is 752 Å². The summed E-state index contributed by atoms with van der Waals surface area (Å²) < 4.78 is 48.0. The van der Waals surface area contributed by atoms with E-state index in [0.29, 0.717) is 5.56 Å². The fourth-order valence-corrected chi connectivity index (χ4v) is 18.2. The van der Waals surface area contributed by atoms with E-state index >= 15 is 0 Å². The van der Waals surface area contributed by atoms with Crippen LogP contribution in [0.15, 0.2) is 224 Å². The highest BCUT2D eigenvalue weighted by Gasteiger charge is 2.47. The Hall–Kier alpha value is -9.70. The third kappa shape index (κ3) is 17.6. The molecule has 0 unspecified atom stereocenters. The molecule has 638 valence electrons. The van der Waals surface area contributed by atoms with E-state index in [2.05, 4.69) is 453 Å². The van der Waals surface area contributed by atoms with Crippen LogP contribution in [0.5, 0.6) is 0 Å². The van der Waals surface area contributed by atoms with Crippen LogP contribution in [0.1, 0.15) is 323 Å². The lowest BCUT2D eigenvalue weighted by Gasteiger charge is -2.46. The van der Waals surface area contributed by atoms with E-state index in [0.717, 1.165) is 112 Å². The molecule has 0 amide bonds. The smallest absolute Gasteiger partial charge is 0.252 e. The molecule has 0 spiro atoms. The maximum atomic E-state index is 10.0. The highest BCUT2D eigenvalue weighted by Crippen LogP contribution is 2.58. The molecule has 0 fully saturated rings. The zero-order chi connectivity index (χ0) is 94.5. The first-order chi connectivity index (χ1) is 58.6. The molecule has 2 nitrogen and oxygen atoms in total. The molecule has 14 rings (SSSR count). The molecule has 0 aliphatic carbocycles. The Bertz CT molecular complexity index is 6300. The summed E-state index contributed by atoms with van der Waals surface area (Å²) in [6.07, 6.45) is 0. The summed E-state index contributed by atoms with van der Waals surface area (Å²) in [7, 11) is 0. The summed E-state index contributed by atoms with van der Waals surface area (Å²) in [5.74, 6) is 0. The molecular weight excluding hydrogens is 1480 g/mol. The van der Waals surface area contributed by atoms with Gasteiger partial charge in [-0.2, -0.15) is 0 Å². The summed E-state index contributed by atoms with van der Waals surface area (Å²) in [6.45, 7) is 83.9. The highest BCUT2D eigenvalue weighted by atomic mass is 15.2. The van der Waals surface area contributed by atoms with Gasteiger partial charge < -0.3 is 9.80 Å². The summed E-state index contributed by atoms with van der Waals surface area (Å²) in [4.78, 5) is 5.39. The number of benzene rings is 12. The van der Waals surface area contributed by atoms with E-state index in [4.69, 9.17) is 1.37 Å². The number of rotatable bonds is 9. The maximum absolute atomic E-state index is 10.0. The van der Waals surface area contributed by atoms with E-state index in [1.54, 1.807) is 0 Å². The first-order valence-electron chi connectivity index (χ1n) is 48.0. The van der Waals surface area contributed by atoms with Crippen LogP contribution in [0.2, 0.25) is 0 Å². The van der Waals surface area contributed by atoms with Gasteiger partial charge in [0.05, 0.1) is 18.2 Å². The maximum Gasteiger partial charge on any atom is 0.252 e. The third-order valence-electron chi connectivity index (χ3n) is 26.3. The van der Waals surface area contributed by atoms with Crippen molar-refractivity contribution in [2.75, 3.05) is 9.80 Å². The SMILES string of the molecule is [2H]c1c([2H])c([2H])c(-c2ccc3c(c2)N(c2c(-c4ccc(C(C)(C)C)cc4)cc(C(C)(C)C)cc2-c2ccc(C(C)(C)C)cc2C(C)(C)C)c2cc(-c4cc(C(C)(C)C)cc(C(C)(C)C)c4)cc4c2B3c2ccc(-c3cc(C(C)(C)C)cc(C(C)(C)C)c3)cc2N4c2c(-c3ccc(C(C)(C)C)cc3)cc(C(C)(C)C)cc2-c2cc(C(C)(C)C)ccc2C(C)(C)C)c([2H])c1[2H]. The number of hydrogen-bond donors (Lipinski definition) is 0. The van der Waals surface area contributed by atoms with Crippen molar-refractivity contribution in [2.45, 2.75) is 314 Å². The Kier molecular flexibility index (Phi) is 20.6. The Morgan fingerprint density at radius 2 is 0.480 bits per heavy atom. The lowest BCUT2D eigenvalue weighted by atomic mass is 9.33. The molecule has 0 saturated carbocycles. The number of fused-ring (bicyclic) bond motifs is 4. The first kappa shape index (κ1) is 82.9. The second-order valence-electron chi connectivity index (χ2n) is 48.7.